The van der Waals surface area contributed by atoms with Crippen LogP contribution in [0.4, 0.5) is 0 Å². The maximum Gasteiger partial charge on any atom is 0.228 e. The summed E-state index contributed by atoms with van der Waals surface area (Å²) in [4.78, 5) is 25.3. The van der Waals surface area contributed by atoms with Crippen molar-refractivity contribution in [1.29, 1.82) is 0 Å². The second kappa shape index (κ2) is 8.14. The van der Waals surface area contributed by atoms with Crippen molar-refractivity contribution < 1.29 is 4.79 Å². The van der Waals surface area contributed by atoms with Crippen LogP contribution < -0.4 is 0 Å². The first kappa shape index (κ1) is 19.2. The van der Waals surface area contributed by atoms with Gasteiger partial charge in [0.05, 0.1) is 32.2 Å². The zero-order valence-corrected chi connectivity index (χ0v) is 18.7. The van der Waals surface area contributed by atoms with Crippen molar-refractivity contribution in [3.8, 4) is 9.88 Å². The molecule has 0 atom stereocenters. The molecular formula is C21H18ClN3OS3. The summed E-state index contributed by atoms with van der Waals surface area (Å²) >= 11 is 11.1. The number of thiazole rings is 2. The van der Waals surface area contributed by atoms with E-state index in [2.05, 4.69) is 11.1 Å². The Bertz CT molecular complexity index is 1140. The summed E-state index contributed by atoms with van der Waals surface area (Å²) in [5, 5.41) is 6.93. The topological polar surface area (TPSA) is 46.1 Å². The molecule has 4 aromatic rings. The Morgan fingerprint density at radius 3 is 2.83 bits per heavy atom. The van der Waals surface area contributed by atoms with Crippen molar-refractivity contribution in [3.05, 3.63) is 56.8 Å². The molecule has 0 radical (unpaired) electrons. The van der Waals surface area contributed by atoms with Crippen molar-refractivity contribution >= 4 is 61.7 Å². The first-order valence-corrected chi connectivity index (χ1v) is 12.4. The van der Waals surface area contributed by atoms with Crippen LogP contribution in [-0.2, 0) is 11.2 Å². The van der Waals surface area contributed by atoms with Crippen LogP contribution >= 0.6 is 45.6 Å². The molecule has 3 aromatic heterocycles. The standard InChI is InChI=1S/C21H18ClN3OS3/c22-14-3-4-17-16(10-14)24-20(29-17)13-5-7-25(8-6-13)19(26)11-15-12-28-21(23-15)18-2-1-9-27-18/h1-4,9-10,12-13H,5-8,11H2. The number of aromatic nitrogens is 2. The Labute approximate surface area is 185 Å². The molecule has 0 bridgehead atoms. The monoisotopic (exact) mass is 459 g/mol. The Hall–Kier alpha value is -1.80. The number of carbonyl (C=O) groups is 1. The number of carbonyl (C=O) groups excluding carboxylic acids is 1. The van der Waals surface area contributed by atoms with Gasteiger partial charge in [0.25, 0.3) is 0 Å². The van der Waals surface area contributed by atoms with Crippen LogP contribution in [-0.4, -0.2) is 33.9 Å². The number of thiophene rings is 1. The molecule has 1 aliphatic rings. The zero-order valence-electron chi connectivity index (χ0n) is 15.5. The third kappa shape index (κ3) is 4.10. The summed E-state index contributed by atoms with van der Waals surface area (Å²) in [5.41, 5.74) is 1.84. The van der Waals surface area contributed by atoms with Gasteiger partial charge in [0, 0.05) is 29.4 Å². The van der Waals surface area contributed by atoms with E-state index in [9.17, 15) is 4.79 Å². The summed E-state index contributed by atoms with van der Waals surface area (Å²) in [6, 6.07) is 9.96. The number of hydrogen-bond donors (Lipinski definition) is 0. The van der Waals surface area contributed by atoms with Gasteiger partial charge in [-0.1, -0.05) is 17.7 Å². The summed E-state index contributed by atoms with van der Waals surface area (Å²) in [6.45, 7) is 1.56. The van der Waals surface area contributed by atoms with E-state index in [0.717, 1.165) is 57.1 Å². The van der Waals surface area contributed by atoms with Crippen LogP contribution in [0.5, 0.6) is 0 Å². The SMILES string of the molecule is O=C(Cc1csc(-c2cccs2)n1)N1CCC(c2nc3cc(Cl)ccc3s2)CC1. The van der Waals surface area contributed by atoms with Crippen molar-refractivity contribution in [2.75, 3.05) is 13.1 Å². The first-order chi connectivity index (χ1) is 14.2. The molecule has 0 unspecified atom stereocenters. The van der Waals surface area contributed by atoms with E-state index >= 15 is 0 Å². The summed E-state index contributed by atoms with van der Waals surface area (Å²) in [7, 11) is 0. The van der Waals surface area contributed by atoms with E-state index in [0.29, 0.717) is 12.3 Å². The van der Waals surface area contributed by atoms with Crippen molar-refractivity contribution in [3.63, 3.8) is 0 Å². The van der Waals surface area contributed by atoms with Crippen LogP contribution in [0.15, 0.2) is 41.1 Å². The van der Waals surface area contributed by atoms with Gasteiger partial charge in [0.15, 0.2) is 0 Å². The predicted octanol–water partition coefficient (Wildman–Crippen LogP) is 6.08. The number of hydrogen-bond acceptors (Lipinski definition) is 6. The Kier molecular flexibility index (Phi) is 5.39. The van der Waals surface area contributed by atoms with Gasteiger partial charge in [-0.2, -0.15) is 0 Å². The fourth-order valence-electron chi connectivity index (χ4n) is 3.64. The number of benzene rings is 1. The molecule has 5 rings (SSSR count). The largest absolute Gasteiger partial charge is 0.342 e. The van der Waals surface area contributed by atoms with Gasteiger partial charge in [0.2, 0.25) is 5.91 Å². The average Bonchev–Trinajstić information content (AvgIpc) is 3.48. The molecule has 0 aliphatic carbocycles. The minimum absolute atomic E-state index is 0.169. The highest BCUT2D eigenvalue weighted by atomic mass is 35.5. The molecule has 148 valence electrons. The number of nitrogens with zero attached hydrogens (tertiary/aromatic N) is 3. The molecule has 0 N–H and O–H groups in total. The number of piperidine rings is 1. The van der Waals surface area contributed by atoms with E-state index < -0.39 is 0 Å². The summed E-state index contributed by atoms with van der Waals surface area (Å²) in [5.74, 6) is 0.586. The maximum absolute atomic E-state index is 12.8. The number of halogens is 1. The van der Waals surface area contributed by atoms with Gasteiger partial charge in [-0.15, -0.1) is 34.0 Å². The molecule has 29 heavy (non-hydrogen) atoms. The van der Waals surface area contributed by atoms with Gasteiger partial charge >= 0.3 is 0 Å². The van der Waals surface area contributed by atoms with Crippen molar-refractivity contribution in [1.82, 2.24) is 14.9 Å². The van der Waals surface area contributed by atoms with Crippen LogP contribution in [0.3, 0.4) is 0 Å². The van der Waals surface area contributed by atoms with Gasteiger partial charge in [-0.3, -0.25) is 4.79 Å². The fourth-order valence-corrected chi connectivity index (χ4v) is 6.55. The van der Waals surface area contributed by atoms with Crippen LogP contribution in [0.1, 0.15) is 29.5 Å². The predicted molar refractivity (Wildman–Crippen MR) is 122 cm³/mol. The number of rotatable bonds is 4. The molecule has 4 heterocycles. The number of amides is 1. The minimum Gasteiger partial charge on any atom is -0.342 e. The average molecular weight is 460 g/mol. The van der Waals surface area contributed by atoms with Crippen LogP contribution in [0.25, 0.3) is 20.1 Å². The number of likely N-dealkylation sites (tertiary alicyclic amines) is 1. The third-order valence-corrected chi connectivity index (χ3v) is 8.54. The summed E-state index contributed by atoms with van der Waals surface area (Å²) < 4.78 is 1.17. The smallest absolute Gasteiger partial charge is 0.228 e. The molecular weight excluding hydrogens is 442 g/mol. The molecule has 0 spiro atoms. The van der Waals surface area contributed by atoms with Crippen LogP contribution in [0.2, 0.25) is 5.02 Å². The lowest BCUT2D eigenvalue weighted by Crippen LogP contribution is -2.38. The molecule has 0 saturated carbocycles. The lowest BCUT2D eigenvalue weighted by atomic mass is 9.97. The molecule has 1 aromatic carbocycles. The molecule has 1 amide bonds. The van der Waals surface area contributed by atoms with Gasteiger partial charge in [-0.05, 0) is 42.5 Å². The van der Waals surface area contributed by atoms with E-state index in [4.69, 9.17) is 16.6 Å². The lowest BCUT2D eigenvalue weighted by molar-refractivity contribution is -0.131. The highest BCUT2D eigenvalue weighted by Crippen LogP contribution is 2.35. The van der Waals surface area contributed by atoms with Gasteiger partial charge in [0.1, 0.15) is 5.01 Å². The molecule has 1 fully saturated rings. The minimum atomic E-state index is 0.169. The molecule has 4 nitrogen and oxygen atoms in total. The fraction of sp³-hybridized carbons (Fsp3) is 0.286. The normalized spacial score (nSPS) is 15.3. The Morgan fingerprint density at radius 2 is 2.03 bits per heavy atom. The van der Waals surface area contributed by atoms with Crippen molar-refractivity contribution in [2.45, 2.75) is 25.2 Å². The first-order valence-electron chi connectivity index (χ1n) is 9.48. The highest BCUT2D eigenvalue weighted by molar-refractivity contribution is 7.20. The Balaban J connectivity index is 1.20. The molecule has 1 saturated heterocycles. The zero-order chi connectivity index (χ0) is 19.8. The Morgan fingerprint density at radius 1 is 1.17 bits per heavy atom. The third-order valence-electron chi connectivity index (χ3n) is 5.18. The van der Waals surface area contributed by atoms with Gasteiger partial charge < -0.3 is 4.90 Å². The number of fused-ring (bicyclic) bond motifs is 1. The van der Waals surface area contributed by atoms with E-state index in [1.807, 2.05) is 39.9 Å². The second-order valence-electron chi connectivity index (χ2n) is 7.12. The second-order valence-corrected chi connectivity index (χ2v) is 10.4. The quantitative estimate of drug-likeness (QED) is 0.371. The van der Waals surface area contributed by atoms with Crippen LogP contribution in [0, 0.1) is 0 Å². The van der Waals surface area contributed by atoms with E-state index in [1.54, 1.807) is 34.0 Å². The molecule has 1 aliphatic heterocycles. The molecule has 8 heteroatoms. The lowest BCUT2D eigenvalue weighted by Gasteiger charge is -2.31. The van der Waals surface area contributed by atoms with Crippen molar-refractivity contribution in [2.24, 2.45) is 0 Å². The maximum atomic E-state index is 12.8. The van der Waals surface area contributed by atoms with E-state index in [-0.39, 0.29) is 5.91 Å². The van der Waals surface area contributed by atoms with Gasteiger partial charge in [-0.25, -0.2) is 9.97 Å². The summed E-state index contributed by atoms with van der Waals surface area (Å²) in [6.07, 6.45) is 2.29. The highest BCUT2D eigenvalue weighted by Gasteiger charge is 2.26. The van der Waals surface area contributed by atoms with E-state index in [1.165, 1.54) is 4.70 Å².